The van der Waals surface area contributed by atoms with E-state index in [0.29, 0.717) is 11.6 Å². The van der Waals surface area contributed by atoms with E-state index in [4.69, 9.17) is 5.73 Å². The zero-order valence-electron chi connectivity index (χ0n) is 9.06. The van der Waals surface area contributed by atoms with Gasteiger partial charge in [-0.2, -0.15) is 5.10 Å². The second-order valence-corrected chi connectivity index (χ2v) is 4.28. The summed E-state index contributed by atoms with van der Waals surface area (Å²) in [6, 6.07) is 0. The van der Waals surface area contributed by atoms with Gasteiger partial charge in [-0.05, 0) is 31.8 Å². The maximum absolute atomic E-state index is 5.68. The van der Waals surface area contributed by atoms with Gasteiger partial charge in [0.25, 0.3) is 0 Å². The second-order valence-electron chi connectivity index (χ2n) is 4.28. The van der Waals surface area contributed by atoms with E-state index in [2.05, 4.69) is 15.4 Å². The molecule has 0 bridgehead atoms. The third kappa shape index (κ3) is 1.53. The molecule has 1 aliphatic heterocycles. The molecule has 16 heavy (non-hydrogen) atoms. The number of anilines is 1. The van der Waals surface area contributed by atoms with Crippen LogP contribution in [0.25, 0.3) is 5.65 Å². The standard InChI is InChI=1S/C11H15N5/c12-9-5-14-11-10(6-15-16(11)7-9)8-1-3-13-4-2-8/h5-8,13H,1-4,12H2. The fourth-order valence-electron chi connectivity index (χ4n) is 2.33. The van der Waals surface area contributed by atoms with Gasteiger partial charge in [-0.1, -0.05) is 0 Å². The molecule has 5 nitrogen and oxygen atoms in total. The van der Waals surface area contributed by atoms with E-state index in [1.807, 2.05) is 12.4 Å². The number of hydrogen-bond donors (Lipinski definition) is 2. The third-order valence-corrected chi connectivity index (χ3v) is 3.18. The van der Waals surface area contributed by atoms with Crippen molar-refractivity contribution in [3.63, 3.8) is 0 Å². The molecule has 0 unspecified atom stereocenters. The zero-order valence-corrected chi connectivity index (χ0v) is 9.06. The summed E-state index contributed by atoms with van der Waals surface area (Å²) in [6.07, 6.45) is 7.76. The fourth-order valence-corrected chi connectivity index (χ4v) is 2.33. The molecule has 1 fully saturated rings. The summed E-state index contributed by atoms with van der Waals surface area (Å²) in [7, 11) is 0. The quantitative estimate of drug-likeness (QED) is 0.740. The van der Waals surface area contributed by atoms with Crippen molar-refractivity contribution in [3.8, 4) is 0 Å². The first-order valence-corrected chi connectivity index (χ1v) is 5.64. The van der Waals surface area contributed by atoms with Crippen molar-refractivity contribution in [1.82, 2.24) is 19.9 Å². The van der Waals surface area contributed by atoms with Crippen molar-refractivity contribution in [3.05, 3.63) is 24.2 Å². The van der Waals surface area contributed by atoms with Gasteiger partial charge < -0.3 is 11.1 Å². The van der Waals surface area contributed by atoms with Gasteiger partial charge in [0.05, 0.1) is 24.3 Å². The Hall–Kier alpha value is -1.62. The van der Waals surface area contributed by atoms with E-state index in [1.165, 1.54) is 5.56 Å². The summed E-state index contributed by atoms with van der Waals surface area (Å²) < 4.78 is 1.77. The predicted octanol–water partition coefficient (Wildman–Crippen LogP) is 0.778. The Morgan fingerprint density at radius 1 is 1.31 bits per heavy atom. The molecule has 0 amide bonds. The molecule has 0 radical (unpaired) electrons. The van der Waals surface area contributed by atoms with E-state index >= 15 is 0 Å². The van der Waals surface area contributed by atoms with Crippen LogP contribution in [0.5, 0.6) is 0 Å². The van der Waals surface area contributed by atoms with Crippen molar-refractivity contribution in [2.75, 3.05) is 18.8 Å². The molecule has 84 valence electrons. The molecule has 2 aromatic heterocycles. The number of rotatable bonds is 1. The molecular formula is C11H15N5. The van der Waals surface area contributed by atoms with Crippen LogP contribution < -0.4 is 11.1 Å². The molecular weight excluding hydrogens is 202 g/mol. The summed E-state index contributed by atoms with van der Waals surface area (Å²) in [5.41, 5.74) is 8.52. The number of nitrogen functional groups attached to an aromatic ring is 1. The lowest BCUT2D eigenvalue weighted by Gasteiger charge is -2.21. The van der Waals surface area contributed by atoms with Crippen LogP contribution >= 0.6 is 0 Å². The van der Waals surface area contributed by atoms with Crippen LogP contribution in [0.1, 0.15) is 24.3 Å². The van der Waals surface area contributed by atoms with E-state index in [-0.39, 0.29) is 0 Å². The average molecular weight is 217 g/mol. The number of fused-ring (bicyclic) bond motifs is 1. The van der Waals surface area contributed by atoms with Crippen molar-refractivity contribution in [1.29, 1.82) is 0 Å². The Morgan fingerprint density at radius 3 is 2.94 bits per heavy atom. The smallest absolute Gasteiger partial charge is 0.158 e. The number of nitrogens with zero attached hydrogens (tertiary/aromatic N) is 3. The fraction of sp³-hybridized carbons (Fsp3) is 0.455. The number of hydrogen-bond acceptors (Lipinski definition) is 4. The highest BCUT2D eigenvalue weighted by atomic mass is 15.2. The molecule has 3 rings (SSSR count). The van der Waals surface area contributed by atoms with E-state index in [1.54, 1.807) is 10.7 Å². The normalized spacial score (nSPS) is 18.0. The SMILES string of the molecule is Nc1cnc2c(C3CCNCC3)cnn2c1. The topological polar surface area (TPSA) is 68.2 Å². The van der Waals surface area contributed by atoms with Crippen molar-refractivity contribution in [2.45, 2.75) is 18.8 Å². The first-order valence-electron chi connectivity index (χ1n) is 5.64. The van der Waals surface area contributed by atoms with Gasteiger partial charge in [0.1, 0.15) is 0 Å². The molecule has 3 heterocycles. The first-order chi connectivity index (χ1) is 7.84. The van der Waals surface area contributed by atoms with Gasteiger partial charge in [0.15, 0.2) is 5.65 Å². The highest BCUT2D eigenvalue weighted by Gasteiger charge is 2.19. The lowest BCUT2D eigenvalue weighted by atomic mass is 9.92. The second kappa shape index (κ2) is 3.75. The Balaban J connectivity index is 2.03. The molecule has 3 N–H and O–H groups in total. The summed E-state index contributed by atoms with van der Waals surface area (Å²) in [6.45, 7) is 2.16. The van der Waals surface area contributed by atoms with Crippen LogP contribution in [0.15, 0.2) is 18.6 Å². The maximum Gasteiger partial charge on any atom is 0.158 e. The Morgan fingerprint density at radius 2 is 2.12 bits per heavy atom. The molecule has 1 aliphatic rings. The van der Waals surface area contributed by atoms with Crippen LogP contribution in [0.3, 0.4) is 0 Å². The molecule has 0 spiro atoms. The van der Waals surface area contributed by atoms with Crippen LogP contribution in [-0.2, 0) is 0 Å². The lowest BCUT2D eigenvalue weighted by molar-refractivity contribution is 0.462. The number of nitrogens with one attached hydrogen (secondary N) is 1. The molecule has 0 atom stereocenters. The van der Waals surface area contributed by atoms with Gasteiger partial charge in [0, 0.05) is 5.56 Å². The maximum atomic E-state index is 5.68. The van der Waals surface area contributed by atoms with Gasteiger partial charge in [-0.15, -0.1) is 0 Å². The first kappa shape index (κ1) is 9.59. The van der Waals surface area contributed by atoms with Crippen LogP contribution in [-0.4, -0.2) is 27.7 Å². The lowest BCUT2D eigenvalue weighted by Crippen LogP contribution is -2.26. The van der Waals surface area contributed by atoms with Crippen LogP contribution in [0, 0.1) is 0 Å². The number of piperidine rings is 1. The molecule has 2 aromatic rings. The van der Waals surface area contributed by atoms with Crippen molar-refractivity contribution in [2.24, 2.45) is 0 Å². The van der Waals surface area contributed by atoms with Gasteiger partial charge >= 0.3 is 0 Å². The molecule has 0 saturated carbocycles. The average Bonchev–Trinajstić information content (AvgIpc) is 2.73. The summed E-state index contributed by atoms with van der Waals surface area (Å²) in [4.78, 5) is 4.37. The van der Waals surface area contributed by atoms with E-state index < -0.39 is 0 Å². The highest BCUT2D eigenvalue weighted by molar-refractivity contribution is 5.51. The van der Waals surface area contributed by atoms with Gasteiger partial charge in [-0.25, -0.2) is 9.50 Å². The van der Waals surface area contributed by atoms with Crippen molar-refractivity contribution >= 4 is 11.3 Å². The summed E-state index contributed by atoms with van der Waals surface area (Å²) in [5, 5.41) is 7.67. The highest BCUT2D eigenvalue weighted by Crippen LogP contribution is 2.27. The zero-order chi connectivity index (χ0) is 11.0. The number of nitrogens with two attached hydrogens (primary N) is 1. The van der Waals surface area contributed by atoms with Crippen LogP contribution in [0.4, 0.5) is 5.69 Å². The Labute approximate surface area is 93.7 Å². The Bertz CT molecular complexity index is 498. The predicted molar refractivity (Wildman–Crippen MR) is 62.2 cm³/mol. The van der Waals surface area contributed by atoms with Gasteiger partial charge in [0.2, 0.25) is 0 Å². The summed E-state index contributed by atoms with van der Waals surface area (Å²) in [5.74, 6) is 0.579. The summed E-state index contributed by atoms with van der Waals surface area (Å²) >= 11 is 0. The largest absolute Gasteiger partial charge is 0.396 e. The third-order valence-electron chi connectivity index (χ3n) is 3.18. The minimum absolute atomic E-state index is 0.579. The van der Waals surface area contributed by atoms with Gasteiger partial charge in [-0.3, -0.25) is 0 Å². The van der Waals surface area contributed by atoms with Crippen LogP contribution in [0.2, 0.25) is 0 Å². The van der Waals surface area contributed by atoms with E-state index in [0.717, 1.165) is 31.6 Å². The monoisotopic (exact) mass is 217 g/mol. The molecule has 0 aromatic carbocycles. The molecule has 5 heteroatoms. The van der Waals surface area contributed by atoms with E-state index in [9.17, 15) is 0 Å². The molecule has 0 aliphatic carbocycles. The Kier molecular flexibility index (Phi) is 2.25. The van der Waals surface area contributed by atoms with Crippen molar-refractivity contribution < 1.29 is 0 Å². The number of aromatic nitrogens is 3. The minimum atomic E-state index is 0.579. The minimum Gasteiger partial charge on any atom is -0.396 e. The molecule has 1 saturated heterocycles.